The number of fused-ring (bicyclic) bond motifs is 1. The zero-order valence-electron chi connectivity index (χ0n) is 15.8. The Kier molecular flexibility index (Phi) is 5.21. The maximum atomic E-state index is 10.6. The standard InChI is InChI=1S/C21H23ClN2O5/c1-10-8-13-17(24-10)21(28)19(26)14(18(13)25)9-23-15-6-7-16(20(15)27)29-12-4-2-11(22)3-5-12/h2-5,8,15-16,20,23-28H,6-7,9H2,1H3. The van der Waals surface area contributed by atoms with Crippen LogP contribution in [0.25, 0.3) is 10.9 Å². The number of H-pyrrole nitrogens is 1. The maximum absolute atomic E-state index is 10.6. The topological polar surface area (TPSA) is 118 Å². The second-order valence-corrected chi connectivity index (χ2v) is 7.87. The first-order chi connectivity index (χ1) is 13.8. The molecule has 3 aromatic rings. The highest BCUT2D eigenvalue weighted by atomic mass is 35.5. The minimum absolute atomic E-state index is 0.0841. The van der Waals surface area contributed by atoms with Crippen molar-refractivity contribution in [3.8, 4) is 23.0 Å². The molecule has 0 aliphatic heterocycles. The van der Waals surface area contributed by atoms with Crippen LogP contribution in [0.4, 0.5) is 0 Å². The van der Waals surface area contributed by atoms with Crippen LogP contribution in [0, 0.1) is 6.92 Å². The summed E-state index contributed by atoms with van der Waals surface area (Å²) in [6, 6.07) is 8.38. The van der Waals surface area contributed by atoms with Gasteiger partial charge in [-0.3, -0.25) is 0 Å². The van der Waals surface area contributed by atoms with Crippen molar-refractivity contribution < 1.29 is 25.2 Å². The van der Waals surface area contributed by atoms with Crippen LogP contribution in [0.2, 0.25) is 5.02 Å². The van der Waals surface area contributed by atoms with E-state index in [4.69, 9.17) is 16.3 Å². The van der Waals surface area contributed by atoms with Gasteiger partial charge in [0.25, 0.3) is 0 Å². The van der Waals surface area contributed by atoms with Crippen molar-refractivity contribution >= 4 is 22.5 Å². The average Bonchev–Trinajstić information content (AvgIpc) is 3.25. The van der Waals surface area contributed by atoms with Crippen LogP contribution in [-0.2, 0) is 6.54 Å². The lowest BCUT2D eigenvalue weighted by Crippen LogP contribution is -2.41. The van der Waals surface area contributed by atoms with Crippen molar-refractivity contribution in [2.75, 3.05) is 0 Å². The number of hydrogen-bond donors (Lipinski definition) is 6. The van der Waals surface area contributed by atoms with Gasteiger partial charge in [-0.25, -0.2) is 0 Å². The molecule has 0 bridgehead atoms. The summed E-state index contributed by atoms with van der Waals surface area (Å²) in [5.41, 5.74) is 1.23. The summed E-state index contributed by atoms with van der Waals surface area (Å²) in [6.45, 7) is 1.88. The number of benzene rings is 2. The predicted molar refractivity (Wildman–Crippen MR) is 110 cm³/mol. The van der Waals surface area contributed by atoms with Gasteiger partial charge >= 0.3 is 0 Å². The first-order valence-corrected chi connectivity index (χ1v) is 9.81. The number of ether oxygens (including phenoxy) is 1. The Morgan fingerprint density at radius 2 is 1.83 bits per heavy atom. The number of aromatic nitrogens is 1. The molecule has 2 aromatic carbocycles. The van der Waals surface area contributed by atoms with E-state index in [0.29, 0.717) is 34.5 Å². The largest absolute Gasteiger partial charge is 0.507 e. The van der Waals surface area contributed by atoms with E-state index < -0.39 is 6.10 Å². The summed E-state index contributed by atoms with van der Waals surface area (Å²) in [5.74, 6) is -0.161. The Hall–Kier alpha value is -2.61. The van der Waals surface area contributed by atoms with Gasteiger partial charge in [0.05, 0.1) is 11.1 Å². The zero-order chi connectivity index (χ0) is 20.7. The number of aromatic amines is 1. The van der Waals surface area contributed by atoms with Gasteiger partial charge in [0.15, 0.2) is 11.5 Å². The fourth-order valence-corrected chi connectivity index (χ4v) is 4.01. The van der Waals surface area contributed by atoms with Gasteiger partial charge in [0.1, 0.15) is 23.7 Å². The van der Waals surface area contributed by atoms with Gasteiger partial charge < -0.3 is 35.5 Å². The van der Waals surface area contributed by atoms with Gasteiger partial charge in [-0.15, -0.1) is 0 Å². The second kappa shape index (κ2) is 7.67. The minimum atomic E-state index is -0.762. The monoisotopic (exact) mass is 418 g/mol. The SMILES string of the molecule is Cc1cc2c(O)c(CNC3CCC(Oc4ccc(Cl)cc4)C3O)c(O)c(O)c2[nH]1. The second-order valence-electron chi connectivity index (χ2n) is 7.43. The van der Waals surface area contributed by atoms with Gasteiger partial charge in [-0.05, 0) is 50.1 Å². The van der Waals surface area contributed by atoms with E-state index in [1.54, 1.807) is 37.3 Å². The number of hydrogen-bond acceptors (Lipinski definition) is 6. The molecule has 1 aromatic heterocycles. The van der Waals surface area contributed by atoms with Crippen molar-refractivity contribution in [2.45, 2.75) is 44.6 Å². The van der Waals surface area contributed by atoms with Crippen molar-refractivity contribution in [1.82, 2.24) is 10.3 Å². The Morgan fingerprint density at radius 3 is 2.55 bits per heavy atom. The maximum Gasteiger partial charge on any atom is 0.182 e. The summed E-state index contributed by atoms with van der Waals surface area (Å²) >= 11 is 5.88. The number of aliphatic hydroxyl groups excluding tert-OH is 1. The van der Waals surface area contributed by atoms with E-state index in [0.717, 1.165) is 5.69 Å². The summed E-state index contributed by atoms with van der Waals surface area (Å²) in [6.07, 6.45) is 0.181. The van der Waals surface area contributed by atoms with Crippen molar-refractivity contribution in [3.63, 3.8) is 0 Å². The van der Waals surface area contributed by atoms with E-state index in [1.165, 1.54) is 0 Å². The Balaban J connectivity index is 1.46. The summed E-state index contributed by atoms with van der Waals surface area (Å²) in [7, 11) is 0. The summed E-state index contributed by atoms with van der Waals surface area (Å²) in [4.78, 5) is 2.92. The number of aryl methyl sites for hydroxylation is 1. The molecule has 7 nitrogen and oxygen atoms in total. The Bertz CT molecular complexity index is 1030. The van der Waals surface area contributed by atoms with Crippen LogP contribution in [0.3, 0.4) is 0 Å². The number of nitrogens with one attached hydrogen (secondary N) is 2. The number of phenolic OH excluding ortho intramolecular Hbond substituents is 3. The minimum Gasteiger partial charge on any atom is -0.507 e. The molecular formula is C21H23ClN2O5. The fraction of sp³-hybridized carbons (Fsp3) is 0.333. The third kappa shape index (κ3) is 3.69. The lowest BCUT2D eigenvalue weighted by Gasteiger charge is -2.22. The Labute approximate surface area is 172 Å². The molecule has 1 aliphatic carbocycles. The van der Waals surface area contributed by atoms with E-state index >= 15 is 0 Å². The first-order valence-electron chi connectivity index (χ1n) is 9.44. The summed E-state index contributed by atoms with van der Waals surface area (Å²) in [5, 5.41) is 45.9. The number of phenols is 3. The lowest BCUT2D eigenvalue weighted by atomic mass is 10.1. The van der Waals surface area contributed by atoms with Gasteiger partial charge in [-0.2, -0.15) is 0 Å². The fourth-order valence-electron chi connectivity index (χ4n) is 3.88. The molecule has 3 atom stereocenters. The molecule has 1 heterocycles. The molecule has 0 spiro atoms. The summed E-state index contributed by atoms with van der Waals surface area (Å²) < 4.78 is 5.86. The molecule has 6 N–H and O–H groups in total. The van der Waals surface area contributed by atoms with Crippen LogP contribution in [0.15, 0.2) is 30.3 Å². The van der Waals surface area contributed by atoms with E-state index in [-0.39, 0.29) is 41.5 Å². The highest BCUT2D eigenvalue weighted by molar-refractivity contribution is 6.30. The number of rotatable bonds is 5. The third-order valence-corrected chi connectivity index (χ3v) is 5.69. The Morgan fingerprint density at radius 1 is 1.10 bits per heavy atom. The highest BCUT2D eigenvalue weighted by Crippen LogP contribution is 2.44. The molecule has 1 aliphatic rings. The molecular weight excluding hydrogens is 396 g/mol. The molecule has 154 valence electrons. The normalized spacial score (nSPS) is 21.7. The van der Waals surface area contributed by atoms with Gasteiger partial charge in [0, 0.05) is 28.7 Å². The van der Waals surface area contributed by atoms with Crippen LogP contribution < -0.4 is 10.1 Å². The molecule has 0 radical (unpaired) electrons. The molecule has 0 saturated heterocycles. The molecule has 8 heteroatoms. The zero-order valence-corrected chi connectivity index (χ0v) is 16.6. The number of aliphatic hydroxyl groups is 1. The quantitative estimate of drug-likeness (QED) is 0.279. The third-order valence-electron chi connectivity index (χ3n) is 5.44. The average molecular weight is 419 g/mol. The van der Waals surface area contributed by atoms with E-state index in [9.17, 15) is 20.4 Å². The number of halogens is 1. The smallest absolute Gasteiger partial charge is 0.182 e. The van der Waals surface area contributed by atoms with Crippen molar-refractivity contribution in [3.05, 3.63) is 46.6 Å². The highest BCUT2D eigenvalue weighted by Gasteiger charge is 2.36. The van der Waals surface area contributed by atoms with Crippen LogP contribution in [0.5, 0.6) is 23.0 Å². The van der Waals surface area contributed by atoms with Crippen LogP contribution in [-0.4, -0.2) is 43.7 Å². The van der Waals surface area contributed by atoms with Crippen molar-refractivity contribution in [2.24, 2.45) is 0 Å². The molecule has 1 fully saturated rings. The number of aromatic hydroxyl groups is 3. The van der Waals surface area contributed by atoms with Gasteiger partial charge in [-0.1, -0.05) is 11.6 Å². The molecule has 29 heavy (non-hydrogen) atoms. The van der Waals surface area contributed by atoms with E-state index in [2.05, 4.69) is 10.3 Å². The lowest BCUT2D eigenvalue weighted by molar-refractivity contribution is 0.0449. The van der Waals surface area contributed by atoms with Gasteiger partial charge in [0.2, 0.25) is 0 Å². The first kappa shape index (κ1) is 19.7. The van der Waals surface area contributed by atoms with Crippen LogP contribution in [0.1, 0.15) is 24.1 Å². The molecule has 3 unspecified atom stereocenters. The molecule has 4 rings (SSSR count). The van der Waals surface area contributed by atoms with E-state index in [1.807, 2.05) is 0 Å². The molecule has 0 amide bonds. The van der Waals surface area contributed by atoms with Crippen LogP contribution >= 0.6 is 11.6 Å². The molecule has 1 saturated carbocycles. The van der Waals surface area contributed by atoms with Crippen molar-refractivity contribution in [1.29, 1.82) is 0 Å². The predicted octanol–water partition coefficient (Wildman–Crippen LogP) is 3.31.